The minimum atomic E-state index is -0.618. The van der Waals surface area contributed by atoms with Crippen LogP contribution in [0.2, 0.25) is 0 Å². The maximum Gasteiger partial charge on any atom is 0.291 e. The van der Waals surface area contributed by atoms with Gasteiger partial charge in [-0.25, -0.2) is 0 Å². The smallest absolute Gasteiger partial charge is 0.291 e. The van der Waals surface area contributed by atoms with Crippen LogP contribution in [0.1, 0.15) is 21.9 Å². The van der Waals surface area contributed by atoms with Gasteiger partial charge in [0, 0.05) is 12.1 Å². The third-order valence-electron chi connectivity index (χ3n) is 3.91. The van der Waals surface area contributed by atoms with Gasteiger partial charge in [-0.05, 0) is 30.3 Å². The zero-order valence-corrected chi connectivity index (χ0v) is 15.2. The predicted octanol–water partition coefficient (Wildman–Crippen LogP) is 3.90. The Morgan fingerprint density at radius 2 is 1.97 bits per heavy atom. The predicted molar refractivity (Wildman–Crippen MR) is 102 cm³/mol. The molecule has 1 amide bonds. The van der Waals surface area contributed by atoms with Gasteiger partial charge in [0.15, 0.2) is 17.3 Å². The van der Waals surface area contributed by atoms with Gasteiger partial charge in [-0.2, -0.15) is 5.26 Å². The van der Waals surface area contributed by atoms with Gasteiger partial charge in [0.25, 0.3) is 11.6 Å². The zero-order valence-electron chi connectivity index (χ0n) is 15.2. The summed E-state index contributed by atoms with van der Waals surface area (Å²) < 4.78 is 16.3. The Balaban J connectivity index is 1.68. The average molecular weight is 393 g/mol. The normalized spacial score (nSPS) is 10.1. The summed E-state index contributed by atoms with van der Waals surface area (Å²) in [6.07, 6.45) is 0. The Kier molecular flexibility index (Phi) is 5.75. The lowest BCUT2D eigenvalue weighted by Gasteiger charge is -2.08. The standard InChI is InChI=1S/C20H15N3O6/c1-27-17-4-2-3-5-18(17)28-12-15-7-9-19(29-15)20(24)22-16-8-6-14(23(25)26)10-13(16)11-21/h2-10H,12H2,1H3,(H,22,24). The number of furan rings is 1. The van der Waals surface area contributed by atoms with Crippen molar-refractivity contribution in [1.29, 1.82) is 5.26 Å². The fraction of sp³-hybridized carbons (Fsp3) is 0.100. The van der Waals surface area contributed by atoms with Crippen LogP contribution < -0.4 is 14.8 Å². The van der Waals surface area contributed by atoms with Crippen LogP contribution in [0.3, 0.4) is 0 Å². The van der Waals surface area contributed by atoms with Gasteiger partial charge in [0.2, 0.25) is 0 Å². The second-order valence-corrected chi connectivity index (χ2v) is 5.76. The maximum atomic E-state index is 12.4. The van der Waals surface area contributed by atoms with Crippen LogP contribution >= 0.6 is 0 Å². The molecule has 1 N–H and O–H groups in total. The highest BCUT2D eigenvalue weighted by Crippen LogP contribution is 2.27. The number of amides is 1. The van der Waals surface area contributed by atoms with Crippen molar-refractivity contribution in [3.63, 3.8) is 0 Å². The topological polar surface area (TPSA) is 128 Å². The molecule has 0 saturated carbocycles. The first-order valence-corrected chi connectivity index (χ1v) is 8.36. The summed E-state index contributed by atoms with van der Waals surface area (Å²) in [5.74, 6) is 0.913. The van der Waals surface area contributed by atoms with Crippen molar-refractivity contribution < 1.29 is 23.6 Å². The Hall–Kier alpha value is -4.32. The molecule has 1 aromatic heterocycles. The van der Waals surface area contributed by atoms with E-state index in [4.69, 9.17) is 19.2 Å². The molecule has 29 heavy (non-hydrogen) atoms. The number of para-hydroxylation sites is 2. The zero-order chi connectivity index (χ0) is 20.8. The Morgan fingerprint density at radius 3 is 2.66 bits per heavy atom. The maximum absolute atomic E-state index is 12.4. The molecular formula is C20H15N3O6. The molecular weight excluding hydrogens is 378 g/mol. The number of nitro benzene ring substituents is 1. The number of hydrogen-bond acceptors (Lipinski definition) is 7. The SMILES string of the molecule is COc1ccccc1OCc1ccc(C(=O)Nc2ccc([N+](=O)[O-])cc2C#N)o1. The summed E-state index contributed by atoms with van der Waals surface area (Å²) in [4.78, 5) is 22.6. The van der Waals surface area contributed by atoms with E-state index in [1.165, 1.54) is 25.3 Å². The molecule has 0 aliphatic heterocycles. The van der Waals surface area contributed by atoms with Crippen molar-refractivity contribution in [3.05, 3.63) is 81.8 Å². The van der Waals surface area contributed by atoms with Crippen LogP contribution in [0, 0.1) is 21.4 Å². The molecule has 0 bridgehead atoms. The molecule has 0 atom stereocenters. The number of nitro groups is 1. The van der Waals surface area contributed by atoms with Crippen molar-refractivity contribution in [3.8, 4) is 17.6 Å². The summed E-state index contributed by atoms with van der Waals surface area (Å²) in [6, 6.07) is 15.6. The molecule has 0 unspecified atom stereocenters. The largest absolute Gasteiger partial charge is 0.493 e. The molecule has 1 heterocycles. The number of rotatable bonds is 7. The van der Waals surface area contributed by atoms with E-state index in [-0.39, 0.29) is 29.3 Å². The van der Waals surface area contributed by atoms with E-state index in [1.54, 1.807) is 24.3 Å². The molecule has 9 heteroatoms. The van der Waals surface area contributed by atoms with Crippen molar-refractivity contribution in [2.45, 2.75) is 6.61 Å². The number of carbonyl (C=O) groups excluding carboxylic acids is 1. The average Bonchev–Trinajstić information content (AvgIpc) is 3.21. The van der Waals surface area contributed by atoms with Crippen molar-refractivity contribution in [1.82, 2.24) is 0 Å². The minimum Gasteiger partial charge on any atom is -0.493 e. The van der Waals surface area contributed by atoms with Crippen molar-refractivity contribution in [2.24, 2.45) is 0 Å². The number of ether oxygens (including phenoxy) is 2. The lowest BCUT2D eigenvalue weighted by molar-refractivity contribution is -0.384. The fourth-order valence-electron chi connectivity index (χ4n) is 2.50. The van der Waals surface area contributed by atoms with Gasteiger partial charge in [-0.3, -0.25) is 14.9 Å². The number of nitrogens with one attached hydrogen (secondary N) is 1. The van der Waals surface area contributed by atoms with E-state index in [9.17, 15) is 14.9 Å². The number of hydrogen-bond donors (Lipinski definition) is 1. The lowest BCUT2D eigenvalue weighted by atomic mass is 10.1. The number of carbonyl (C=O) groups is 1. The number of non-ortho nitro benzene ring substituents is 1. The van der Waals surface area contributed by atoms with Gasteiger partial charge in [0.1, 0.15) is 18.4 Å². The summed E-state index contributed by atoms with van der Waals surface area (Å²) >= 11 is 0. The second-order valence-electron chi connectivity index (χ2n) is 5.76. The summed E-state index contributed by atoms with van der Waals surface area (Å²) in [5, 5.41) is 22.5. The number of methoxy groups -OCH3 is 1. The minimum absolute atomic E-state index is 0.00543. The van der Waals surface area contributed by atoms with E-state index >= 15 is 0 Å². The first-order chi connectivity index (χ1) is 14.0. The Bertz CT molecular complexity index is 1100. The van der Waals surface area contributed by atoms with E-state index in [0.29, 0.717) is 17.3 Å². The van der Waals surface area contributed by atoms with E-state index < -0.39 is 10.8 Å². The monoisotopic (exact) mass is 393 g/mol. The van der Waals surface area contributed by atoms with Crippen LogP contribution in [0.4, 0.5) is 11.4 Å². The van der Waals surface area contributed by atoms with Crippen LogP contribution in [-0.4, -0.2) is 17.9 Å². The Labute approximate surface area is 165 Å². The molecule has 0 fully saturated rings. The highest BCUT2D eigenvalue weighted by atomic mass is 16.6. The third-order valence-corrected chi connectivity index (χ3v) is 3.91. The summed E-state index contributed by atoms with van der Waals surface area (Å²) in [7, 11) is 1.53. The molecule has 9 nitrogen and oxygen atoms in total. The molecule has 3 rings (SSSR count). The molecule has 0 saturated heterocycles. The quantitative estimate of drug-likeness (QED) is 0.476. The third kappa shape index (κ3) is 4.51. The molecule has 0 radical (unpaired) electrons. The van der Waals surface area contributed by atoms with Gasteiger partial charge >= 0.3 is 0 Å². The highest BCUT2D eigenvalue weighted by Gasteiger charge is 2.16. The number of anilines is 1. The van der Waals surface area contributed by atoms with Crippen LogP contribution in [0.15, 0.2) is 59.0 Å². The second kappa shape index (κ2) is 8.58. The van der Waals surface area contributed by atoms with E-state index in [0.717, 1.165) is 6.07 Å². The molecule has 0 aliphatic carbocycles. The first kappa shape index (κ1) is 19.4. The molecule has 0 aliphatic rings. The molecule has 3 aromatic rings. The number of benzene rings is 2. The summed E-state index contributed by atoms with van der Waals surface area (Å²) in [5.41, 5.74) is -0.126. The number of nitrogens with zero attached hydrogens (tertiary/aromatic N) is 2. The van der Waals surface area contributed by atoms with Crippen molar-refractivity contribution in [2.75, 3.05) is 12.4 Å². The van der Waals surface area contributed by atoms with E-state index in [1.807, 2.05) is 12.1 Å². The first-order valence-electron chi connectivity index (χ1n) is 8.36. The molecule has 2 aromatic carbocycles. The Morgan fingerprint density at radius 1 is 1.21 bits per heavy atom. The van der Waals surface area contributed by atoms with Gasteiger partial charge < -0.3 is 19.2 Å². The lowest BCUT2D eigenvalue weighted by Crippen LogP contribution is -2.12. The fourth-order valence-corrected chi connectivity index (χ4v) is 2.50. The van der Waals surface area contributed by atoms with Crippen LogP contribution in [0.5, 0.6) is 11.5 Å². The van der Waals surface area contributed by atoms with Gasteiger partial charge in [0.05, 0.1) is 23.3 Å². The van der Waals surface area contributed by atoms with Crippen molar-refractivity contribution >= 4 is 17.3 Å². The molecule has 146 valence electrons. The van der Waals surface area contributed by atoms with Crippen LogP contribution in [0.25, 0.3) is 0 Å². The number of nitriles is 1. The van der Waals surface area contributed by atoms with Gasteiger partial charge in [-0.15, -0.1) is 0 Å². The van der Waals surface area contributed by atoms with E-state index in [2.05, 4.69) is 5.32 Å². The van der Waals surface area contributed by atoms with Gasteiger partial charge in [-0.1, -0.05) is 12.1 Å². The molecule has 0 spiro atoms. The summed E-state index contributed by atoms with van der Waals surface area (Å²) in [6.45, 7) is 0.0780. The van der Waals surface area contributed by atoms with Crippen LogP contribution in [-0.2, 0) is 6.61 Å². The highest BCUT2D eigenvalue weighted by molar-refractivity contribution is 6.03.